The molecule has 7 heteroatoms. The first-order valence-electron chi connectivity index (χ1n) is 6.50. The SMILES string of the molecule is CC[C@H](CO)NC(=O)C(=O)Nc1cc(OC)ccc1OC. The Labute approximate surface area is 123 Å². The van der Waals surface area contributed by atoms with E-state index in [9.17, 15) is 9.59 Å². The van der Waals surface area contributed by atoms with E-state index >= 15 is 0 Å². The summed E-state index contributed by atoms with van der Waals surface area (Å²) in [7, 11) is 2.95. The Morgan fingerprint density at radius 2 is 1.95 bits per heavy atom. The summed E-state index contributed by atoms with van der Waals surface area (Å²) >= 11 is 0. The molecule has 0 saturated carbocycles. The third-order valence-electron chi connectivity index (χ3n) is 2.91. The maximum absolute atomic E-state index is 11.8. The van der Waals surface area contributed by atoms with Gasteiger partial charge in [-0.05, 0) is 18.6 Å². The maximum atomic E-state index is 11.8. The molecule has 3 N–H and O–H groups in total. The fourth-order valence-corrected chi connectivity index (χ4v) is 1.62. The van der Waals surface area contributed by atoms with Crippen LogP contribution in [0.25, 0.3) is 0 Å². The topological polar surface area (TPSA) is 96.9 Å². The molecule has 1 aromatic rings. The van der Waals surface area contributed by atoms with Crippen LogP contribution in [-0.4, -0.2) is 43.8 Å². The lowest BCUT2D eigenvalue weighted by molar-refractivity contribution is -0.136. The van der Waals surface area contributed by atoms with E-state index in [0.717, 1.165) is 0 Å². The van der Waals surface area contributed by atoms with Crippen LogP contribution < -0.4 is 20.1 Å². The van der Waals surface area contributed by atoms with Crippen LogP contribution in [-0.2, 0) is 9.59 Å². The van der Waals surface area contributed by atoms with Crippen LogP contribution in [0.1, 0.15) is 13.3 Å². The van der Waals surface area contributed by atoms with Gasteiger partial charge in [-0.25, -0.2) is 0 Å². The van der Waals surface area contributed by atoms with Gasteiger partial charge in [-0.1, -0.05) is 6.92 Å². The lowest BCUT2D eigenvalue weighted by Gasteiger charge is -2.15. The molecule has 1 aromatic carbocycles. The zero-order chi connectivity index (χ0) is 15.8. The number of nitrogens with one attached hydrogen (secondary N) is 2. The number of aliphatic hydroxyl groups is 1. The van der Waals surface area contributed by atoms with E-state index in [1.807, 2.05) is 0 Å². The Balaban J connectivity index is 2.80. The minimum atomic E-state index is -0.839. The molecule has 0 bridgehead atoms. The smallest absolute Gasteiger partial charge is 0.313 e. The monoisotopic (exact) mass is 296 g/mol. The molecule has 0 heterocycles. The van der Waals surface area contributed by atoms with Crippen LogP contribution in [0.3, 0.4) is 0 Å². The first-order valence-corrected chi connectivity index (χ1v) is 6.50. The normalized spacial score (nSPS) is 11.4. The van der Waals surface area contributed by atoms with Crippen molar-refractivity contribution < 1.29 is 24.2 Å². The van der Waals surface area contributed by atoms with Gasteiger partial charge in [-0.15, -0.1) is 0 Å². The van der Waals surface area contributed by atoms with Crippen LogP contribution in [0.2, 0.25) is 0 Å². The summed E-state index contributed by atoms with van der Waals surface area (Å²) in [5.74, 6) is -0.728. The third kappa shape index (κ3) is 4.64. The average molecular weight is 296 g/mol. The van der Waals surface area contributed by atoms with Gasteiger partial charge in [0.2, 0.25) is 0 Å². The fraction of sp³-hybridized carbons (Fsp3) is 0.429. The summed E-state index contributed by atoms with van der Waals surface area (Å²) in [4.78, 5) is 23.6. The zero-order valence-electron chi connectivity index (χ0n) is 12.3. The van der Waals surface area contributed by atoms with Crippen LogP contribution in [0.5, 0.6) is 11.5 Å². The number of anilines is 1. The fourth-order valence-electron chi connectivity index (χ4n) is 1.62. The maximum Gasteiger partial charge on any atom is 0.313 e. The second kappa shape index (κ2) is 8.11. The van der Waals surface area contributed by atoms with Gasteiger partial charge in [0.15, 0.2) is 0 Å². The quantitative estimate of drug-likeness (QED) is 0.665. The molecule has 116 valence electrons. The average Bonchev–Trinajstić information content (AvgIpc) is 2.51. The lowest BCUT2D eigenvalue weighted by atomic mass is 10.2. The number of rotatable bonds is 6. The van der Waals surface area contributed by atoms with Crippen molar-refractivity contribution in [2.45, 2.75) is 19.4 Å². The number of aliphatic hydroxyl groups excluding tert-OH is 1. The number of carbonyl (C=O) groups is 2. The van der Waals surface area contributed by atoms with Crippen molar-refractivity contribution in [1.82, 2.24) is 5.32 Å². The molecule has 7 nitrogen and oxygen atoms in total. The number of methoxy groups -OCH3 is 2. The highest BCUT2D eigenvalue weighted by molar-refractivity contribution is 6.39. The predicted octanol–water partition coefficient (Wildman–Crippen LogP) is 0.529. The molecule has 0 spiro atoms. The molecule has 0 aliphatic carbocycles. The molecular weight excluding hydrogens is 276 g/mol. The first kappa shape index (κ1) is 16.8. The second-order valence-electron chi connectivity index (χ2n) is 4.28. The van der Waals surface area contributed by atoms with E-state index in [-0.39, 0.29) is 6.61 Å². The molecule has 1 rings (SSSR count). The standard InChI is InChI=1S/C14H20N2O5/c1-4-9(8-17)15-13(18)14(19)16-11-7-10(20-2)5-6-12(11)21-3/h5-7,9,17H,4,8H2,1-3H3,(H,15,18)(H,16,19)/t9-/m1/s1. The van der Waals surface area contributed by atoms with Crippen LogP contribution in [0.4, 0.5) is 5.69 Å². The van der Waals surface area contributed by atoms with Crippen LogP contribution >= 0.6 is 0 Å². The van der Waals surface area contributed by atoms with Crippen molar-refractivity contribution in [1.29, 1.82) is 0 Å². The Morgan fingerprint density at radius 1 is 1.24 bits per heavy atom. The van der Waals surface area contributed by atoms with Gasteiger partial charge in [0.25, 0.3) is 0 Å². The summed E-state index contributed by atoms with van der Waals surface area (Å²) in [6.07, 6.45) is 0.526. The minimum Gasteiger partial charge on any atom is -0.497 e. The van der Waals surface area contributed by atoms with E-state index in [1.165, 1.54) is 14.2 Å². The Kier molecular flexibility index (Phi) is 6.48. The van der Waals surface area contributed by atoms with Crippen molar-refractivity contribution >= 4 is 17.5 Å². The van der Waals surface area contributed by atoms with Gasteiger partial charge >= 0.3 is 11.8 Å². The number of ether oxygens (including phenoxy) is 2. The molecule has 21 heavy (non-hydrogen) atoms. The van der Waals surface area contributed by atoms with E-state index in [1.54, 1.807) is 25.1 Å². The summed E-state index contributed by atoms with van der Waals surface area (Å²) in [5.41, 5.74) is 0.328. The molecule has 0 aliphatic heterocycles. The molecule has 1 atom stereocenters. The lowest BCUT2D eigenvalue weighted by Crippen LogP contribution is -2.43. The number of carbonyl (C=O) groups excluding carboxylic acids is 2. The Hall–Kier alpha value is -2.28. The minimum absolute atomic E-state index is 0.224. The van der Waals surface area contributed by atoms with Crippen LogP contribution in [0, 0.1) is 0 Å². The molecule has 0 aromatic heterocycles. The van der Waals surface area contributed by atoms with E-state index in [4.69, 9.17) is 14.6 Å². The third-order valence-corrected chi connectivity index (χ3v) is 2.91. The zero-order valence-corrected chi connectivity index (χ0v) is 12.3. The highest BCUT2D eigenvalue weighted by atomic mass is 16.5. The summed E-state index contributed by atoms with van der Waals surface area (Å²) in [5, 5.41) is 13.9. The Morgan fingerprint density at radius 3 is 2.48 bits per heavy atom. The number of benzene rings is 1. The van der Waals surface area contributed by atoms with Gasteiger partial charge in [0, 0.05) is 6.07 Å². The van der Waals surface area contributed by atoms with E-state index in [2.05, 4.69) is 10.6 Å². The van der Waals surface area contributed by atoms with Crippen LogP contribution in [0.15, 0.2) is 18.2 Å². The molecule has 2 amide bonds. The van der Waals surface area contributed by atoms with Gasteiger partial charge in [0.1, 0.15) is 11.5 Å². The molecule has 0 radical (unpaired) electrons. The highest BCUT2D eigenvalue weighted by Gasteiger charge is 2.19. The molecule has 0 fully saturated rings. The molecular formula is C14H20N2O5. The van der Waals surface area contributed by atoms with Crippen molar-refractivity contribution in [3.05, 3.63) is 18.2 Å². The molecule has 0 aliphatic rings. The van der Waals surface area contributed by atoms with Gasteiger partial charge in [0.05, 0.1) is 32.6 Å². The van der Waals surface area contributed by atoms with Gasteiger partial charge in [-0.3, -0.25) is 9.59 Å². The van der Waals surface area contributed by atoms with E-state index in [0.29, 0.717) is 23.6 Å². The highest BCUT2D eigenvalue weighted by Crippen LogP contribution is 2.28. The van der Waals surface area contributed by atoms with Gasteiger partial charge < -0.3 is 25.2 Å². The number of hydrogen-bond donors (Lipinski definition) is 3. The molecule has 0 saturated heterocycles. The Bertz CT molecular complexity index is 500. The van der Waals surface area contributed by atoms with Gasteiger partial charge in [-0.2, -0.15) is 0 Å². The predicted molar refractivity (Wildman–Crippen MR) is 77.5 cm³/mol. The largest absolute Gasteiger partial charge is 0.497 e. The number of amides is 2. The summed E-state index contributed by atoms with van der Waals surface area (Å²) < 4.78 is 10.2. The second-order valence-corrected chi connectivity index (χ2v) is 4.28. The van der Waals surface area contributed by atoms with Crippen molar-refractivity contribution in [3.63, 3.8) is 0 Å². The molecule has 0 unspecified atom stereocenters. The summed E-state index contributed by atoms with van der Waals surface area (Å²) in [6, 6.07) is 4.39. The van der Waals surface area contributed by atoms with Crippen molar-refractivity contribution in [2.75, 3.05) is 26.1 Å². The van der Waals surface area contributed by atoms with E-state index < -0.39 is 17.9 Å². The summed E-state index contributed by atoms with van der Waals surface area (Å²) in [6.45, 7) is 1.57. The first-order chi connectivity index (χ1) is 10.0. The number of hydrogen-bond acceptors (Lipinski definition) is 5. The van der Waals surface area contributed by atoms with Crippen molar-refractivity contribution in [3.8, 4) is 11.5 Å². The van der Waals surface area contributed by atoms with Crippen molar-refractivity contribution in [2.24, 2.45) is 0 Å².